The second-order valence-electron chi connectivity index (χ2n) is 4.43. The number of ether oxygens (including phenoxy) is 1. The highest BCUT2D eigenvalue weighted by Crippen LogP contribution is 2.30. The Balaban J connectivity index is 2.05. The Morgan fingerprint density at radius 2 is 1.89 bits per heavy atom. The molecule has 2 aromatic rings. The second-order valence-corrected chi connectivity index (χ2v) is 5.34. The van der Waals surface area contributed by atoms with Crippen LogP contribution in [0.4, 0.5) is 0 Å². The maximum absolute atomic E-state index is 10.3. The average molecular weight is 321 g/mol. The van der Waals surface area contributed by atoms with Crippen molar-refractivity contribution in [3.63, 3.8) is 0 Å². The summed E-state index contributed by atoms with van der Waals surface area (Å²) in [5, 5.41) is 10.3. The molecule has 0 fully saturated rings. The van der Waals surface area contributed by atoms with Gasteiger partial charge in [0, 0.05) is 10.0 Å². The first kappa shape index (κ1) is 14.1. The Hall–Kier alpha value is -1.32. The standard InChI is InChI=1S/C16H17BrO2/c1-19-16-11-13(17)8-9-14(16)15(18)10-7-12-5-3-2-4-6-12/h2-6,8-9,11,15,18H,7,10H2,1H3. The highest BCUT2D eigenvalue weighted by Gasteiger charge is 2.13. The summed E-state index contributed by atoms with van der Waals surface area (Å²) >= 11 is 3.40. The maximum atomic E-state index is 10.3. The minimum absolute atomic E-state index is 0.511. The molecule has 1 atom stereocenters. The molecule has 0 aliphatic carbocycles. The van der Waals surface area contributed by atoms with Crippen molar-refractivity contribution in [3.05, 3.63) is 64.1 Å². The molecule has 2 nitrogen and oxygen atoms in total. The Labute approximate surface area is 122 Å². The molecule has 1 N–H and O–H groups in total. The van der Waals surface area contributed by atoms with E-state index in [1.165, 1.54) is 5.56 Å². The van der Waals surface area contributed by atoms with Crippen LogP contribution in [0, 0.1) is 0 Å². The summed E-state index contributed by atoms with van der Waals surface area (Å²) in [5.74, 6) is 0.718. The normalized spacial score (nSPS) is 12.2. The number of methoxy groups -OCH3 is 1. The predicted molar refractivity (Wildman–Crippen MR) is 80.4 cm³/mol. The quantitative estimate of drug-likeness (QED) is 0.897. The molecule has 0 aliphatic heterocycles. The lowest BCUT2D eigenvalue weighted by Gasteiger charge is -2.15. The molecule has 0 aromatic heterocycles. The summed E-state index contributed by atoms with van der Waals surface area (Å²) in [7, 11) is 1.62. The highest BCUT2D eigenvalue weighted by atomic mass is 79.9. The van der Waals surface area contributed by atoms with E-state index in [4.69, 9.17) is 4.74 Å². The van der Waals surface area contributed by atoms with Gasteiger partial charge in [0.05, 0.1) is 13.2 Å². The van der Waals surface area contributed by atoms with Gasteiger partial charge in [0.15, 0.2) is 0 Å². The molecule has 2 rings (SSSR count). The van der Waals surface area contributed by atoms with Gasteiger partial charge in [-0.2, -0.15) is 0 Å². The van der Waals surface area contributed by atoms with Gasteiger partial charge in [-0.25, -0.2) is 0 Å². The Morgan fingerprint density at radius 1 is 1.16 bits per heavy atom. The number of hydrogen-bond donors (Lipinski definition) is 1. The summed E-state index contributed by atoms with van der Waals surface area (Å²) in [6, 6.07) is 15.9. The maximum Gasteiger partial charge on any atom is 0.125 e. The molecule has 0 heterocycles. The van der Waals surface area contributed by atoms with Crippen molar-refractivity contribution >= 4 is 15.9 Å². The van der Waals surface area contributed by atoms with Crippen LogP contribution >= 0.6 is 15.9 Å². The zero-order chi connectivity index (χ0) is 13.7. The van der Waals surface area contributed by atoms with Crippen molar-refractivity contribution in [1.82, 2.24) is 0 Å². The van der Waals surface area contributed by atoms with E-state index in [1.807, 2.05) is 36.4 Å². The predicted octanol–water partition coefficient (Wildman–Crippen LogP) is 4.12. The van der Waals surface area contributed by atoms with E-state index < -0.39 is 6.10 Å². The van der Waals surface area contributed by atoms with Crippen LogP contribution in [-0.4, -0.2) is 12.2 Å². The molecule has 2 aromatic carbocycles. The van der Waals surface area contributed by atoms with Crippen molar-refractivity contribution in [1.29, 1.82) is 0 Å². The van der Waals surface area contributed by atoms with Gasteiger partial charge < -0.3 is 9.84 Å². The molecule has 0 spiro atoms. The minimum atomic E-state index is -0.511. The number of aryl methyl sites for hydroxylation is 1. The van der Waals surface area contributed by atoms with Crippen molar-refractivity contribution in [3.8, 4) is 5.75 Å². The van der Waals surface area contributed by atoms with Crippen LogP contribution in [0.1, 0.15) is 23.7 Å². The summed E-state index contributed by atoms with van der Waals surface area (Å²) in [6.07, 6.45) is 1.02. The van der Waals surface area contributed by atoms with E-state index in [1.54, 1.807) is 7.11 Å². The number of hydrogen-bond acceptors (Lipinski definition) is 2. The first-order valence-corrected chi connectivity index (χ1v) is 7.05. The Bertz CT molecular complexity index is 526. The molecule has 0 saturated carbocycles. The lowest BCUT2D eigenvalue weighted by atomic mass is 10.0. The van der Waals surface area contributed by atoms with Crippen LogP contribution in [0.3, 0.4) is 0 Å². The molecule has 0 bridgehead atoms. The molecular formula is C16H17BrO2. The molecular weight excluding hydrogens is 304 g/mol. The molecule has 0 aliphatic rings. The summed E-state index contributed by atoms with van der Waals surface area (Å²) in [4.78, 5) is 0. The number of benzene rings is 2. The third-order valence-corrected chi connectivity index (χ3v) is 3.60. The summed E-state index contributed by atoms with van der Waals surface area (Å²) in [5.41, 5.74) is 2.07. The Morgan fingerprint density at radius 3 is 2.58 bits per heavy atom. The second kappa shape index (κ2) is 6.73. The van der Waals surface area contributed by atoms with Crippen LogP contribution in [0.15, 0.2) is 53.0 Å². The van der Waals surface area contributed by atoms with Crippen molar-refractivity contribution in [2.24, 2.45) is 0 Å². The molecule has 0 saturated heterocycles. The van der Waals surface area contributed by atoms with E-state index >= 15 is 0 Å². The molecule has 3 heteroatoms. The Kier molecular flexibility index (Phi) is 5.00. The zero-order valence-corrected chi connectivity index (χ0v) is 12.4. The first-order valence-electron chi connectivity index (χ1n) is 6.26. The van der Waals surface area contributed by atoms with E-state index in [2.05, 4.69) is 28.1 Å². The van der Waals surface area contributed by atoms with Crippen molar-refractivity contribution < 1.29 is 9.84 Å². The smallest absolute Gasteiger partial charge is 0.125 e. The van der Waals surface area contributed by atoms with E-state index in [9.17, 15) is 5.11 Å². The van der Waals surface area contributed by atoms with Gasteiger partial charge in [0.25, 0.3) is 0 Å². The van der Waals surface area contributed by atoms with E-state index in [0.29, 0.717) is 6.42 Å². The lowest BCUT2D eigenvalue weighted by Crippen LogP contribution is -2.02. The van der Waals surface area contributed by atoms with E-state index in [0.717, 1.165) is 22.2 Å². The lowest BCUT2D eigenvalue weighted by molar-refractivity contribution is 0.163. The third-order valence-electron chi connectivity index (χ3n) is 3.10. The SMILES string of the molecule is COc1cc(Br)ccc1C(O)CCc1ccccc1. The van der Waals surface area contributed by atoms with Gasteiger partial charge in [0.1, 0.15) is 5.75 Å². The molecule has 1 unspecified atom stereocenters. The fourth-order valence-corrected chi connectivity index (χ4v) is 2.40. The largest absolute Gasteiger partial charge is 0.496 e. The fourth-order valence-electron chi connectivity index (χ4n) is 2.06. The minimum Gasteiger partial charge on any atom is -0.496 e. The third kappa shape index (κ3) is 3.82. The number of rotatable bonds is 5. The van der Waals surface area contributed by atoms with Gasteiger partial charge in [-0.15, -0.1) is 0 Å². The molecule has 0 radical (unpaired) electrons. The van der Waals surface area contributed by atoms with Gasteiger partial charge in [-0.3, -0.25) is 0 Å². The van der Waals surface area contributed by atoms with E-state index in [-0.39, 0.29) is 0 Å². The van der Waals surface area contributed by atoms with Crippen LogP contribution in [0.2, 0.25) is 0 Å². The van der Waals surface area contributed by atoms with Gasteiger partial charge in [-0.1, -0.05) is 52.3 Å². The molecule has 0 amide bonds. The van der Waals surface area contributed by atoms with Crippen LogP contribution < -0.4 is 4.74 Å². The average Bonchev–Trinajstić information content (AvgIpc) is 2.45. The van der Waals surface area contributed by atoms with Gasteiger partial charge in [-0.05, 0) is 30.5 Å². The number of aliphatic hydroxyl groups excluding tert-OH is 1. The molecule has 100 valence electrons. The topological polar surface area (TPSA) is 29.5 Å². The summed E-state index contributed by atoms with van der Waals surface area (Å²) in [6.45, 7) is 0. The van der Waals surface area contributed by atoms with Crippen LogP contribution in [-0.2, 0) is 6.42 Å². The van der Waals surface area contributed by atoms with Crippen LogP contribution in [0.5, 0.6) is 5.75 Å². The first-order chi connectivity index (χ1) is 9.20. The van der Waals surface area contributed by atoms with Gasteiger partial charge >= 0.3 is 0 Å². The number of aliphatic hydroxyl groups is 1. The molecule has 19 heavy (non-hydrogen) atoms. The van der Waals surface area contributed by atoms with Crippen molar-refractivity contribution in [2.75, 3.05) is 7.11 Å². The number of halogens is 1. The van der Waals surface area contributed by atoms with Crippen molar-refractivity contribution in [2.45, 2.75) is 18.9 Å². The summed E-state index contributed by atoms with van der Waals surface area (Å²) < 4.78 is 6.26. The van der Waals surface area contributed by atoms with Gasteiger partial charge in [0.2, 0.25) is 0 Å². The fraction of sp³-hybridized carbons (Fsp3) is 0.250. The monoisotopic (exact) mass is 320 g/mol. The van der Waals surface area contributed by atoms with Crippen LogP contribution in [0.25, 0.3) is 0 Å². The zero-order valence-electron chi connectivity index (χ0n) is 10.8. The highest BCUT2D eigenvalue weighted by molar-refractivity contribution is 9.10.